The van der Waals surface area contributed by atoms with Gasteiger partial charge in [-0.1, -0.05) is 126 Å². The Labute approximate surface area is 440 Å². The van der Waals surface area contributed by atoms with E-state index in [2.05, 4.69) is 16.0 Å². The van der Waals surface area contributed by atoms with Crippen molar-refractivity contribution in [2.24, 2.45) is 16.7 Å². The molecular formula is C59H85N5O10. The summed E-state index contributed by atoms with van der Waals surface area (Å²) in [6.07, 6.45) is 0.898. The van der Waals surface area contributed by atoms with E-state index >= 15 is 0 Å². The van der Waals surface area contributed by atoms with Crippen molar-refractivity contribution in [2.45, 2.75) is 183 Å². The largest absolute Gasteiger partial charge is 0.460 e. The van der Waals surface area contributed by atoms with Gasteiger partial charge in [-0.2, -0.15) is 0 Å². The molecule has 2 saturated heterocycles. The Bertz CT molecular complexity index is 2320. The van der Waals surface area contributed by atoms with Gasteiger partial charge in [-0.25, -0.2) is 4.79 Å². The SMILES string of the molecule is CC(C)(C)OC(=O)C[C@H](C(=O)N1C[C@@H](OCc2ccc(CO[C@H]3C[C@@H](C(=O)NCCc4ccccc4)N(C(=O)CC[C@@H](NC(=O)OC(C)(C)C)C(C)(C)C)C3)cc2)C[C@H]1C(=O)NCCc1ccccc1)C(C)(C)C. The Morgan fingerprint density at radius 2 is 1.01 bits per heavy atom. The third kappa shape index (κ3) is 19.2. The number of ether oxygens (including phenoxy) is 4. The maximum atomic E-state index is 14.5. The Morgan fingerprint density at radius 1 is 0.568 bits per heavy atom. The number of carbonyl (C=O) groups excluding carboxylic acids is 6. The van der Waals surface area contributed by atoms with Crippen molar-refractivity contribution < 1.29 is 47.7 Å². The maximum absolute atomic E-state index is 14.5. The second-order valence-electron chi connectivity index (χ2n) is 24.1. The average Bonchev–Trinajstić information content (AvgIpc) is 3.95. The number of rotatable bonds is 21. The van der Waals surface area contributed by atoms with Gasteiger partial charge < -0.3 is 44.7 Å². The lowest BCUT2D eigenvalue weighted by molar-refractivity contribution is -0.161. The van der Waals surface area contributed by atoms with Gasteiger partial charge in [0.05, 0.1) is 37.8 Å². The fourth-order valence-electron chi connectivity index (χ4n) is 9.29. The first-order valence-corrected chi connectivity index (χ1v) is 26.4. The zero-order chi connectivity index (χ0) is 54.4. The fraction of sp³-hybridized carbons (Fsp3) is 0.593. The summed E-state index contributed by atoms with van der Waals surface area (Å²) in [6.45, 7) is 24.3. The summed E-state index contributed by atoms with van der Waals surface area (Å²) in [5.41, 5.74) is 1.62. The van der Waals surface area contributed by atoms with Crippen LogP contribution < -0.4 is 16.0 Å². The van der Waals surface area contributed by atoms with E-state index in [1.54, 1.807) is 51.3 Å². The van der Waals surface area contributed by atoms with Crippen molar-refractivity contribution in [3.8, 4) is 0 Å². The lowest BCUT2D eigenvalue weighted by atomic mass is 9.77. The molecule has 3 aromatic carbocycles. The molecule has 0 aromatic heterocycles. The minimum atomic E-state index is -0.783. The van der Waals surface area contributed by atoms with Gasteiger partial charge in [-0.3, -0.25) is 24.0 Å². The number of benzene rings is 3. The second-order valence-corrected chi connectivity index (χ2v) is 24.1. The number of hydrogen-bond acceptors (Lipinski definition) is 10. The van der Waals surface area contributed by atoms with Gasteiger partial charge in [0.15, 0.2) is 0 Å². The molecule has 2 aliphatic heterocycles. The highest BCUT2D eigenvalue weighted by Crippen LogP contribution is 2.35. The molecule has 0 radical (unpaired) electrons. The lowest BCUT2D eigenvalue weighted by Gasteiger charge is -2.35. The topological polar surface area (TPSA) is 182 Å². The highest BCUT2D eigenvalue weighted by Gasteiger charge is 2.46. The van der Waals surface area contributed by atoms with Gasteiger partial charge in [0.2, 0.25) is 23.6 Å². The number of esters is 1. The molecule has 74 heavy (non-hydrogen) atoms. The molecule has 6 atom stereocenters. The van der Waals surface area contributed by atoms with Gasteiger partial charge >= 0.3 is 12.1 Å². The molecule has 2 fully saturated rings. The summed E-state index contributed by atoms with van der Waals surface area (Å²) in [5.74, 6) is -2.17. The van der Waals surface area contributed by atoms with Crippen molar-refractivity contribution in [2.75, 3.05) is 26.2 Å². The number of likely N-dealkylation sites (tertiary alicyclic amines) is 2. The number of nitrogens with one attached hydrogen (secondary N) is 3. The minimum Gasteiger partial charge on any atom is -0.460 e. The average molecular weight is 1020 g/mol. The number of nitrogens with zero attached hydrogens (tertiary/aromatic N) is 2. The highest BCUT2D eigenvalue weighted by molar-refractivity contribution is 5.91. The maximum Gasteiger partial charge on any atom is 0.407 e. The van der Waals surface area contributed by atoms with Gasteiger partial charge in [0, 0.05) is 51.5 Å². The van der Waals surface area contributed by atoms with Crippen LogP contribution in [0.3, 0.4) is 0 Å². The van der Waals surface area contributed by atoms with E-state index < -0.39 is 58.9 Å². The van der Waals surface area contributed by atoms with Crippen molar-refractivity contribution in [1.82, 2.24) is 25.8 Å². The summed E-state index contributed by atoms with van der Waals surface area (Å²) >= 11 is 0. The van der Waals surface area contributed by atoms with Gasteiger partial charge in [-0.15, -0.1) is 0 Å². The normalized spacial score (nSPS) is 19.1. The fourth-order valence-corrected chi connectivity index (χ4v) is 9.29. The predicted molar refractivity (Wildman–Crippen MR) is 285 cm³/mol. The lowest BCUT2D eigenvalue weighted by Crippen LogP contribution is -2.50. The Hall–Kier alpha value is -5.80. The van der Waals surface area contributed by atoms with Gasteiger partial charge in [0.1, 0.15) is 23.3 Å². The van der Waals surface area contributed by atoms with E-state index in [4.69, 9.17) is 18.9 Å². The second kappa shape index (κ2) is 26.1. The Kier molecular flexibility index (Phi) is 20.8. The molecule has 0 bridgehead atoms. The number of alkyl carbamates (subject to hydrolysis) is 1. The number of hydrogen-bond donors (Lipinski definition) is 3. The Balaban J connectivity index is 1.21. The number of amides is 5. The zero-order valence-corrected chi connectivity index (χ0v) is 46.2. The van der Waals surface area contributed by atoms with E-state index in [9.17, 15) is 28.8 Å². The van der Waals surface area contributed by atoms with Crippen LogP contribution in [0.25, 0.3) is 0 Å². The van der Waals surface area contributed by atoms with Crippen LogP contribution in [0.2, 0.25) is 0 Å². The van der Waals surface area contributed by atoms with Crippen LogP contribution in [-0.4, -0.2) is 113 Å². The molecule has 15 heteroatoms. The molecule has 5 rings (SSSR count). The standard InChI is InChI=1S/C59H85N5O10/c1-56(2,3)46(35-51(66)73-58(7,8)9)54(69)64-37-45(34-48(64)53(68)61-32-30-41-21-17-14-18-22-41)72-39-43-25-23-42(24-26-43)38-71-44-33-47(52(67)60-31-29-40-19-15-13-16-20-40)63(36-44)50(65)28-27-49(57(4,5)6)62-55(70)74-59(10,11)12/h13-26,44-49H,27-39H2,1-12H3,(H,60,67)(H,61,68)(H,62,70)/t44-,45-,46+,47-,48-,49+/m0/s1. The first-order chi connectivity index (χ1) is 34.6. The monoisotopic (exact) mass is 1020 g/mol. The van der Waals surface area contributed by atoms with Crippen LogP contribution in [0, 0.1) is 16.7 Å². The molecule has 3 N–H and O–H groups in total. The highest BCUT2D eigenvalue weighted by atomic mass is 16.6. The smallest absolute Gasteiger partial charge is 0.407 e. The molecule has 0 spiro atoms. The molecular weight excluding hydrogens is 939 g/mol. The van der Waals surface area contributed by atoms with Crippen LogP contribution in [0.1, 0.15) is 137 Å². The first kappa shape index (κ1) is 59.1. The molecule has 406 valence electrons. The first-order valence-electron chi connectivity index (χ1n) is 26.4. The molecule has 0 unspecified atom stereocenters. The van der Waals surface area contributed by atoms with Crippen molar-refractivity contribution in [1.29, 1.82) is 0 Å². The molecule has 0 aliphatic carbocycles. The van der Waals surface area contributed by atoms with E-state index in [0.29, 0.717) is 45.2 Å². The van der Waals surface area contributed by atoms with Crippen molar-refractivity contribution in [3.63, 3.8) is 0 Å². The van der Waals surface area contributed by atoms with E-state index in [1.165, 1.54) is 0 Å². The third-order valence-electron chi connectivity index (χ3n) is 13.4. The van der Waals surface area contributed by atoms with E-state index in [1.807, 2.05) is 126 Å². The summed E-state index contributed by atoms with van der Waals surface area (Å²) < 4.78 is 24.0. The zero-order valence-electron chi connectivity index (χ0n) is 46.2. The summed E-state index contributed by atoms with van der Waals surface area (Å²) in [4.78, 5) is 85.3. The Morgan fingerprint density at radius 3 is 1.45 bits per heavy atom. The summed E-state index contributed by atoms with van der Waals surface area (Å²) in [6, 6.07) is 25.7. The van der Waals surface area contributed by atoms with Crippen LogP contribution in [0.5, 0.6) is 0 Å². The molecule has 2 aliphatic rings. The van der Waals surface area contributed by atoms with Crippen molar-refractivity contribution >= 4 is 35.7 Å². The predicted octanol–water partition coefficient (Wildman–Crippen LogP) is 8.49. The van der Waals surface area contributed by atoms with Crippen LogP contribution in [0.15, 0.2) is 84.9 Å². The summed E-state index contributed by atoms with van der Waals surface area (Å²) in [7, 11) is 0. The molecule has 5 amide bonds. The van der Waals surface area contributed by atoms with Gasteiger partial charge in [-0.05, 0) is 93.9 Å². The van der Waals surface area contributed by atoms with Gasteiger partial charge in [0.25, 0.3) is 0 Å². The summed E-state index contributed by atoms with van der Waals surface area (Å²) in [5, 5.41) is 9.06. The quantitative estimate of drug-likeness (QED) is 0.0876. The van der Waals surface area contributed by atoms with E-state index in [-0.39, 0.29) is 74.2 Å². The third-order valence-corrected chi connectivity index (χ3v) is 13.4. The minimum absolute atomic E-state index is 0.114. The van der Waals surface area contributed by atoms with Crippen LogP contribution in [-0.2, 0) is 69.0 Å². The molecule has 0 saturated carbocycles. The van der Waals surface area contributed by atoms with E-state index in [0.717, 1.165) is 22.3 Å². The van der Waals surface area contributed by atoms with Crippen LogP contribution in [0.4, 0.5) is 4.79 Å². The molecule has 2 heterocycles. The van der Waals surface area contributed by atoms with Crippen LogP contribution >= 0.6 is 0 Å². The number of carbonyl (C=O) groups is 6. The molecule has 3 aromatic rings. The van der Waals surface area contributed by atoms with Crippen molar-refractivity contribution in [3.05, 3.63) is 107 Å². The molecule has 15 nitrogen and oxygen atoms in total.